The van der Waals surface area contributed by atoms with Crippen molar-refractivity contribution in [2.45, 2.75) is 132 Å². The third-order valence-corrected chi connectivity index (χ3v) is 24.2. The lowest BCUT2D eigenvalue weighted by Gasteiger charge is -2.28. The summed E-state index contributed by atoms with van der Waals surface area (Å²) in [4.78, 5) is 11.9. The van der Waals surface area contributed by atoms with Crippen molar-refractivity contribution in [2.24, 2.45) is 0 Å². The van der Waals surface area contributed by atoms with Gasteiger partial charge in [-0.05, 0) is 94.8 Å². The van der Waals surface area contributed by atoms with E-state index >= 15 is 0 Å². The van der Waals surface area contributed by atoms with Crippen LogP contribution in [0.5, 0.6) is 0 Å². The fourth-order valence-electron chi connectivity index (χ4n) is 4.86. The predicted molar refractivity (Wildman–Crippen MR) is 232 cm³/mol. The molecule has 0 aliphatic carbocycles. The number of thioether (sulfide) groups is 1. The van der Waals surface area contributed by atoms with Crippen molar-refractivity contribution >= 4 is 84.5 Å². The lowest BCUT2D eigenvalue weighted by Crippen LogP contribution is -2.46. The zero-order chi connectivity index (χ0) is 38.5. The Morgan fingerprint density at radius 1 is 0.412 bits per heavy atom. The minimum Gasteiger partial charge on any atom is -0.374 e. The van der Waals surface area contributed by atoms with E-state index < -0.39 is 26.4 Å². The van der Waals surface area contributed by atoms with Gasteiger partial charge in [-0.2, -0.15) is 0 Å². The second-order valence-electron chi connectivity index (χ2n) is 10.7. The second kappa shape index (κ2) is 38.6. The molecule has 0 aliphatic rings. The molecular weight excluding hydrogens is 801 g/mol. The average Bonchev–Trinajstić information content (AvgIpc) is 3.09. The van der Waals surface area contributed by atoms with Gasteiger partial charge in [-0.3, -0.25) is 4.79 Å². The molecule has 0 N–H and O–H groups in total. The molecule has 0 aromatic carbocycles. The minimum absolute atomic E-state index is 0.318. The lowest BCUT2D eigenvalue weighted by atomic mass is 10.1. The van der Waals surface area contributed by atoms with Crippen LogP contribution in [0.15, 0.2) is 0 Å². The monoisotopic (exact) mass is 874 g/mol. The van der Waals surface area contributed by atoms with Gasteiger partial charge in [0.05, 0.1) is 0 Å². The summed E-state index contributed by atoms with van der Waals surface area (Å²) in [6.07, 6.45) is 7.59. The van der Waals surface area contributed by atoms with Crippen molar-refractivity contribution in [2.75, 3.05) is 76.7 Å². The Kier molecular flexibility index (Phi) is 41.5. The van der Waals surface area contributed by atoms with Crippen LogP contribution in [0.25, 0.3) is 0 Å². The summed E-state index contributed by atoms with van der Waals surface area (Å²) in [6.45, 7) is 25.6. The Hall–Kier alpha value is 1.71. The van der Waals surface area contributed by atoms with Crippen LogP contribution in [0.4, 0.5) is 0 Å². The van der Waals surface area contributed by atoms with Gasteiger partial charge in [-0.1, -0.05) is 66.0 Å². The molecule has 0 rings (SSSR count). The third kappa shape index (κ3) is 29.6. The van der Waals surface area contributed by atoms with Crippen LogP contribution in [-0.2, 0) is 44.6 Å². The van der Waals surface area contributed by atoms with Crippen molar-refractivity contribution in [1.29, 1.82) is 0 Å². The summed E-state index contributed by atoms with van der Waals surface area (Å²) in [6, 6.07) is 2.46. The SMILES string of the molecule is CCCCCCCC(=O)SCCC[Si](OCC)(OCC)OCC.CCO[Si](CCSSSSCC[Si](OCC)(OCC)OCC)(OCC)OCC. The Bertz CT molecular complexity index is 689. The maximum Gasteiger partial charge on any atom is 0.501 e. The van der Waals surface area contributed by atoms with Gasteiger partial charge < -0.3 is 39.8 Å². The summed E-state index contributed by atoms with van der Waals surface area (Å²) in [5.74, 6) is 2.72. The molecule has 0 spiro atoms. The third-order valence-electron chi connectivity index (χ3n) is 6.76. The first kappa shape index (κ1) is 54.8. The number of hydrogen-bond donors (Lipinski definition) is 0. The van der Waals surface area contributed by atoms with Crippen LogP contribution in [-0.4, -0.2) is 108 Å². The molecule has 0 amide bonds. The Morgan fingerprint density at radius 2 is 0.745 bits per heavy atom. The predicted octanol–water partition coefficient (Wildman–Crippen LogP) is 10.8. The summed E-state index contributed by atoms with van der Waals surface area (Å²) >= 11 is 1.45. The molecule has 18 heteroatoms. The molecule has 308 valence electrons. The molecule has 10 nitrogen and oxygen atoms in total. The van der Waals surface area contributed by atoms with Crippen LogP contribution >= 0.6 is 53.0 Å². The van der Waals surface area contributed by atoms with Crippen LogP contribution in [0.2, 0.25) is 18.1 Å². The van der Waals surface area contributed by atoms with E-state index in [4.69, 9.17) is 39.8 Å². The van der Waals surface area contributed by atoms with Gasteiger partial charge in [-0.15, -0.1) is 0 Å². The van der Waals surface area contributed by atoms with Gasteiger partial charge in [0.15, 0.2) is 5.12 Å². The molecule has 0 saturated carbocycles. The molecule has 51 heavy (non-hydrogen) atoms. The standard InChI is InChI=1S/C17H36O4SSi.C16H38O6S4Si2/c1-5-9-10-11-12-14-17(18)22-15-13-16-23(19-6-2,20-7-3)21-8-4;1-7-17-27(18-8-2,19-9-3)15-13-23-25-26-24-14-16-28(20-10-4,21-11-5)22-12-6/h5-16H2,1-4H3;7-16H2,1-6H3. The van der Waals surface area contributed by atoms with E-state index in [-0.39, 0.29) is 0 Å². The molecule has 0 unspecified atom stereocenters. The molecule has 0 bridgehead atoms. The van der Waals surface area contributed by atoms with E-state index in [2.05, 4.69) is 6.92 Å². The first-order valence-corrected chi connectivity index (χ1v) is 31.1. The first-order chi connectivity index (χ1) is 24.7. The highest BCUT2D eigenvalue weighted by atomic mass is 33.7. The summed E-state index contributed by atoms with van der Waals surface area (Å²) < 4.78 is 52.8. The smallest absolute Gasteiger partial charge is 0.374 e. The summed E-state index contributed by atoms with van der Waals surface area (Å²) in [5.41, 5.74) is 0. The molecule has 0 aliphatic heterocycles. The normalized spacial score (nSPS) is 12.3. The lowest BCUT2D eigenvalue weighted by molar-refractivity contribution is -0.111. The van der Waals surface area contributed by atoms with E-state index in [9.17, 15) is 4.79 Å². The number of rotatable bonds is 37. The molecule has 0 atom stereocenters. The zero-order valence-corrected chi connectivity index (χ0v) is 40.8. The number of carbonyl (C=O) groups excluding carboxylic acids is 1. The van der Waals surface area contributed by atoms with Gasteiger partial charge in [0.25, 0.3) is 0 Å². The maximum absolute atomic E-state index is 11.9. The topological polar surface area (TPSA) is 100 Å². The van der Waals surface area contributed by atoms with Crippen LogP contribution in [0.3, 0.4) is 0 Å². The Balaban J connectivity index is 0. The number of unbranched alkanes of at least 4 members (excludes halogenated alkanes) is 4. The van der Waals surface area contributed by atoms with Gasteiger partial charge in [0.2, 0.25) is 0 Å². The van der Waals surface area contributed by atoms with E-state index in [0.29, 0.717) is 71.0 Å². The Labute approximate surface area is 336 Å². The molecule has 0 aromatic heterocycles. The van der Waals surface area contributed by atoms with E-state index in [0.717, 1.165) is 48.2 Å². The van der Waals surface area contributed by atoms with Gasteiger partial charge in [0.1, 0.15) is 0 Å². The van der Waals surface area contributed by atoms with Crippen molar-refractivity contribution < 1.29 is 44.6 Å². The van der Waals surface area contributed by atoms with Crippen molar-refractivity contribution in [1.82, 2.24) is 0 Å². The molecular formula is C33H74O10S5Si3. The van der Waals surface area contributed by atoms with Gasteiger partial charge in [-0.25, -0.2) is 0 Å². The highest BCUT2D eigenvalue weighted by molar-refractivity contribution is 9.26. The number of carbonyl (C=O) groups is 1. The first-order valence-electron chi connectivity index (χ1n) is 19.2. The van der Waals surface area contributed by atoms with Gasteiger partial charge in [0, 0.05) is 101 Å². The van der Waals surface area contributed by atoms with Crippen molar-refractivity contribution in [3.63, 3.8) is 0 Å². The van der Waals surface area contributed by atoms with Crippen molar-refractivity contribution in [3.05, 3.63) is 0 Å². The van der Waals surface area contributed by atoms with E-state index in [1.807, 2.05) is 83.9 Å². The minimum atomic E-state index is -2.53. The maximum atomic E-state index is 11.9. The zero-order valence-electron chi connectivity index (χ0n) is 33.7. The van der Waals surface area contributed by atoms with E-state index in [1.54, 1.807) is 19.7 Å². The molecule has 0 aromatic rings. The molecule has 0 fully saturated rings. The quantitative estimate of drug-likeness (QED) is 0.0336. The van der Waals surface area contributed by atoms with Crippen LogP contribution < -0.4 is 0 Å². The highest BCUT2D eigenvalue weighted by Gasteiger charge is 2.41. The average molecular weight is 876 g/mol. The number of hydrogen-bond acceptors (Lipinski definition) is 15. The molecule has 0 saturated heterocycles. The molecule has 0 radical (unpaired) electrons. The summed E-state index contributed by atoms with van der Waals surface area (Å²) in [7, 11) is -0.365. The summed E-state index contributed by atoms with van der Waals surface area (Å²) in [5, 5.41) is 0.318. The van der Waals surface area contributed by atoms with Crippen molar-refractivity contribution in [3.8, 4) is 0 Å². The second-order valence-corrected chi connectivity index (χ2v) is 26.3. The largest absolute Gasteiger partial charge is 0.501 e. The molecule has 0 heterocycles. The fourth-order valence-corrected chi connectivity index (χ4v) is 21.6. The van der Waals surface area contributed by atoms with Gasteiger partial charge >= 0.3 is 26.4 Å². The highest BCUT2D eigenvalue weighted by Crippen LogP contribution is 2.44. The van der Waals surface area contributed by atoms with Crippen LogP contribution in [0.1, 0.15) is 114 Å². The Morgan fingerprint density at radius 3 is 1.08 bits per heavy atom. The van der Waals surface area contributed by atoms with E-state index in [1.165, 1.54) is 37.4 Å². The fraction of sp³-hybridized carbons (Fsp3) is 0.970. The van der Waals surface area contributed by atoms with Crippen LogP contribution in [0, 0.1) is 0 Å².